The standard InChI is InChI=1S/C18H25N3O2S/c22-17(19-15-5-2-1-3-6-15)8-10-20-9-4-7-16(20)18(23)21-11-13-24-14-12-21/h1-3,5-6,16H,4,7-14H2,(H,19,22). The number of carbonyl (C=O) groups is 2. The van der Waals surface area contributed by atoms with Gasteiger partial charge in [0.05, 0.1) is 6.04 Å². The van der Waals surface area contributed by atoms with E-state index in [0.29, 0.717) is 13.0 Å². The van der Waals surface area contributed by atoms with Gasteiger partial charge in [-0.1, -0.05) is 18.2 Å². The summed E-state index contributed by atoms with van der Waals surface area (Å²) in [6, 6.07) is 9.47. The van der Waals surface area contributed by atoms with Gasteiger partial charge in [-0.2, -0.15) is 11.8 Å². The number of anilines is 1. The van der Waals surface area contributed by atoms with Crippen molar-refractivity contribution in [1.82, 2.24) is 9.80 Å². The van der Waals surface area contributed by atoms with E-state index in [-0.39, 0.29) is 17.9 Å². The van der Waals surface area contributed by atoms with Gasteiger partial charge in [0, 0.05) is 43.2 Å². The van der Waals surface area contributed by atoms with Crippen molar-refractivity contribution in [3.63, 3.8) is 0 Å². The summed E-state index contributed by atoms with van der Waals surface area (Å²) in [4.78, 5) is 29.0. The van der Waals surface area contributed by atoms with Gasteiger partial charge >= 0.3 is 0 Å². The summed E-state index contributed by atoms with van der Waals surface area (Å²) in [5, 5.41) is 2.91. The molecule has 1 aromatic carbocycles. The first kappa shape index (κ1) is 17.3. The van der Waals surface area contributed by atoms with Gasteiger partial charge in [0.1, 0.15) is 0 Å². The molecule has 0 radical (unpaired) electrons. The summed E-state index contributed by atoms with van der Waals surface area (Å²) < 4.78 is 0. The number of carbonyl (C=O) groups excluding carboxylic acids is 2. The molecule has 3 rings (SSSR count). The number of para-hydroxylation sites is 1. The number of nitrogens with one attached hydrogen (secondary N) is 1. The average molecular weight is 347 g/mol. The monoisotopic (exact) mass is 347 g/mol. The Morgan fingerprint density at radius 1 is 1.12 bits per heavy atom. The lowest BCUT2D eigenvalue weighted by atomic mass is 10.2. The number of likely N-dealkylation sites (tertiary alicyclic amines) is 1. The van der Waals surface area contributed by atoms with Crippen molar-refractivity contribution in [2.75, 3.05) is 43.0 Å². The largest absolute Gasteiger partial charge is 0.340 e. The van der Waals surface area contributed by atoms with Gasteiger partial charge in [-0.3, -0.25) is 14.5 Å². The molecule has 2 fully saturated rings. The number of nitrogens with zero attached hydrogens (tertiary/aromatic N) is 2. The molecule has 2 aliphatic heterocycles. The van der Waals surface area contributed by atoms with Crippen LogP contribution >= 0.6 is 11.8 Å². The molecule has 2 aliphatic rings. The van der Waals surface area contributed by atoms with Crippen molar-refractivity contribution in [1.29, 1.82) is 0 Å². The Bertz CT molecular complexity index is 561. The zero-order valence-electron chi connectivity index (χ0n) is 13.9. The number of hydrogen-bond donors (Lipinski definition) is 1. The zero-order valence-corrected chi connectivity index (χ0v) is 14.8. The summed E-state index contributed by atoms with van der Waals surface area (Å²) in [7, 11) is 0. The SMILES string of the molecule is O=C(CCN1CCCC1C(=O)N1CCSCC1)Nc1ccccc1. The van der Waals surface area contributed by atoms with E-state index >= 15 is 0 Å². The van der Waals surface area contributed by atoms with Crippen LogP contribution in [0.5, 0.6) is 0 Å². The van der Waals surface area contributed by atoms with Crippen LogP contribution in [0.2, 0.25) is 0 Å². The fourth-order valence-corrected chi connectivity index (χ4v) is 4.26. The molecule has 5 nitrogen and oxygen atoms in total. The lowest BCUT2D eigenvalue weighted by molar-refractivity contribution is -0.136. The van der Waals surface area contributed by atoms with E-state index in [1.54, 1.807) is 0 Å². The third-order valence-corrected chi connectivity index (χ3v) is 5.60. The maximum Gasteiger partial charge on any atom is 0.239 e. The van der Waals surface area contributed by atoms with Crippen molar-refractivity contribution in [3.05, 3.63) is 30.3 Å². The molecule has 1 atom stereocenters. The highest BCUT2D eigenvalue weighted by atomic mass is 32.2. The molecule has 0 spiro atoms. The number of hydrogen-bond acceptors (Lipinski definition) is 4. The lowest BCUT2D eigenvalue weighted by Gasteiger charge is -2.32. The maximum absolute atomic E-state index is 12.7. The average Bonchev–Trinajstić information content (AvgIpc) is 3.09. The molecule has 6 heteroatoms. The molecular formula is C18H25N3O2S. The van der Waals surface area contributed by atoms with E-state index in [0.717, 1.165) is 49.7 Å². The predicted octanol–water partition coefficient (Wildman–Crippen LogP) is 2.05. The van der Waals surface area contributed by atoms with Gasteiger partial charge in [0.15, 0.2) is 0 Å². The van der Waals surface area contributed by atoms with Crippen molar-refractivity contribution in [2.24, 2.45) is 0 Å². The van der Waals surface area contributed by atoms with Gasteiger partial charge in [-0.05, 0) is 31.5 Å². The summed E-state index contributed by atoms with van der Waals surface area (Å²) in [6.07, 6.45) is 2.39. The van der Waals surface area contributed by atoms with E-state index in [2.05, 4.69) is 10.2 Å². The first-order chi connectivity index (χ1) is 11.7. The Kier molecular flexibility index (Phi) is 6.15. The minimum atomic E-state index is -0.0300. The van der Waals surface area contributed by atoms with Crippen molar-refractivity contribution in [3.8, 4) is 0 Å². The molecule has 0 aliphatic carbocycles. The van der Waals surface area contributed by atoms with E-state index in [4.69, 9.17) is 0 Å². The predicted molar refractivity (Wildman–Crippen MR) is 98.2 cm³/mol. The van der Waals surface area contributed by atoms with E-state index < -0.39 is 0 Å². The third kappa shape index (κ3) is 4.51. The van der Waals surface area contributed by atoms with Gasteiger partial charge in [-0.15, -0.1) is 0 Å². The van der Waals surface area contributed by atoms with Crippen molar-refractivity contribution in [2.45, 2.75) is 25.3 Å². The van der Waals surface area contributed by atoms with E-state index in [1.807, 2.05) is 47.0 Å². The highest BCUT2D eigenvalue weighted by Crippen LogP contribution is 2.21. The zero-order chi connectivity index (χ0) is 16.8. The topological polar surface area (TPSA) is 52.7 Å². The van der Waals surface area contributed by atoms with E-state index in [1.165, 1.54) is 0 Å². The Morgan fingerprint density at radius 3 is 2.62 bits per heavy atom. The molecule has 24 heavy (non-hydrogen) atoms. The van der Waals surface area contributed by atoms with Gasteiger partial charge in [-0.25, -0.2) is 0 Å². The molecule has 1 unspecified atom stereocenters. The van der Waals surface area contributed by atoms with Crippen LogP contribution < -0.4 is 5.32 Å². The van der Waals surface area contributed by atoms with Crippen LogP contribution in [0.3, 0.4) is 0 Å². The molecular weight excluding hydrogens is 322 g/mol. The second-order valence-electron chi connectivity index (χ2n) is 6.30. The number of thioether (sulfide) groups is 1. The van der Waals surface area contributed by atoms with Crippen LogP contribution in [0, 0.1) is 0 Å². The molecule has 2 amide bonds. The van der Waals surface area contributed by atoms with Crippen LogP contribution in [-0.2, 0) is 9.59 Å². The fourth-order valence-electron chi connectivity index (χ4n) is 3.36. The molecule has 2 saturated heterocycles. The smallest absolute Gasteiger partial charge is 0.239 e. The van der Waals surface area contributed by atoms with Gasteiger partial charge in [0.25, 0.3) is 0 Å². The first-order valence-electron chi connectivity index (χ1n) is 8.69. The van der Waals surface area contributed by atoms with Crippen LogP contribution in [0.15, 0.2) is 30.3 Å². The Morgan fingerprint density at radius 2 is 1.88 bits per heavy atom. The van der Waals surface area contributed by atoms with Crippen molar-refractivity contribution < 1.29 is 9.59 Å². The molecule has 130 valence electrons. The normalized spacial score (nSPS) is 21.7. The van der Waals surface area contributed by atoms with Gasteiger partial charge < -0.3 is 10.2 Å². The highest BCUT2D eigenvalue weighted by Gasteiger charge is 2.34. The third-order valence-electron chi connectivity index (χ3n) is 4.66. The Labute approximate surface area is 147 Å². The summed E-state index contributed by atoms with van der Waals surface area (Å²) in [5.74, 6) is 2.35. The van der Waals surface area contributed by atoms with Gasteiger partial charge in [0.2, 0.25) is 11.8 Å². The lowest BCUT2D eigenvalue weighted by Crippen LogP contribution is -2.48. The van der Waals surface area contributed by atoms with Crippen molar-refractivity contribution >= 4 is 29.3 Å². The number of rotatable bonds is 5. The number of amides is 2. The summed E-state index contributed by atoms with van der Waals surface area (Å²) in [6.45, 7) is 3.29. The second kappa shape index (κ2) is 8.53. The van der Waals surface area contributed by atoms with Crippen LogP contribution in [0.4, 0.5) is 5.69 Å². The van der Waals surface area contributed by atoms with Crippen LogP contribution in [-0.4, -0.2) is 65.3 Å². The van der Waals surface area contributed by atoms with Crippen LogP contribution in [0.1, 0.15) is 19.3 Å². The molecule has 2 heterocycles. The number of benzene rings is 1. The summed E-state index contributed by atoms with van der Waals surface area (Å²) >= 11 is 1.91. The quantitative estimate of drug-likeness (QED) is 0.886. The molecule has 1 N–H and O–H groups in total. The maximum atomic E-state index is 12.7. The molecule has 0 saturated carbocycles. The second-order valence-corrected chi connectivity index (χ2v) is 7.52. The van der Waals surface area contributed by atoms with Crippen LogP contribution in [0.25, 0.3) is 0 Å². The first-order valence-corrected chi connectivity index (χ1v) is 9.85. The molecule has 0 aromatic heterocycles. The summed E-state index contributed by atoms with van der Waals surface area (Å²) in [5.41, 5.74) is 0.822. The minimum Gasteiger partial charge on any atom is -0.340 e. The Hall–Kier alpha value is -1.53. The molecule has 1 aromatic rings. The Balaban J connectivity index is 1.48. The van der Waals surface area contributed by atoms with E-state index in [9.17, 15) is 9.59 Å². The molecule has 0 bridgehead atoms. The fraction of sp³-hybridized carbons (Fsp3) is 0.556. The highest BCUT2D eigenvalue weighted by molar-refractivity contribution is 7.99. The minimum absolute atomic E-state index is 0.00803.